The number of carbonyl (C=O) groups is 1. The molecular formula is C13H15Cl2N5O. The van der Waals surface area contributed by atoms with Gasteiger partial charge in [-0.2, -0.15) is 5.10 Å². The fraction of sp³-hybridized carbons (Fsp3) is 0.462. The van der Waals surface area contributed by atoms with Gasteiger partial charge in [-0.05, 0) is 25.3 Å². The number of halogens is 2. The fourth-order valence-corrected chi connectivity index (χ4v) is 3.10. The zero-order valence-electron chi connectivity index (χ0n) is 11.5. The maximum Gasteiger partial charge on any atom is 0.271 e. The van der Waals surface area contributed by atoms with E-state index in [2.05, 4.69) is 15.2 Å². The number of aromatic amines is 1. The lowest BCUT2D eigenvalue weighted by atomic mass is 10.0. The molecule has 0 aromatic carbocycles. The van der Waals surface area contributed by atoms with Crippen molar-refractivity contribution in [1.82, 2.24) is 24.6 Å². The molecule has 112 valence electrons. The van der Waals surface area contributed by atoms with E-state index in [1.54, 1.807) is 17.7 Å². The van der Waals surface area contributed by atoms with Crippen LogP contribution in [0.15, 0.2) is 12.4 Å². The lowest BCUT2D eigenvalue weighted by Crippen LogP contribution is -2.39. The molecule has 1 saturated heterocycles. The van der Waals surface area contributed by atoms with E-state index >= 15 is 0 Å². The Morgan fingerprint density at radius 1 is 1.43 bits per heavy atom. The van der Waals surface area contributed by atoms with Crippen LogP contribution in [0.1, 0.15) is 41.6 Å². The van der Waals surface area contributed by atoms with Crippen LogP contribution in [0.5, 0.6) is 0 Å². The summed E-state index contributed by atoms with van der Waals surface area (Å²) in [6.45, 7) is 0.685. The van der Waals surface area contributed by atoms with Crippen LogP contribution in [0.25, 0.3) is 0 Å². The van der Waals surface area contributed by atoms with Gasteiger partial charge in [0.25, 0.3) is 5.91 Å². The minimum Gasteiger partial charge on any atom is -0.329 e. The number of nitrogens with zero attached hydrogens (tertiary/aromatic N) is 4. The topological polar surface area (TPSA) is 66.8 Å². The predicted octanol–water partition coefficient (Wildman–Crippen LogP) is 2.82. The first kappa shape index (κ1) is 14.4. The molecule has 8 heteroatoms. The second kappa shape index (κ2) is 5.69. The van der Waals surface area contributed by atoms with Crippen LogP contribution in [0.4, 0.5) is 0 Å². The standard InChI is InChI=1S/C13H15Cl2N5O/c1-19-10(6-8(14)11(19)15)13(21)20-5-3-2-4-9(20)12-16-7-17-18-12/h6-7,9H,2-5H2,1H3,(H,16,17,18). The summed E-state index contributed by atoms with van der Waals surface area (Å²) in [6, 6.07) is 1.53. The molecule has 0 radical (unpaired) electrons. The second-order valence-electron chi connectivity index (χ2n) is 5.11. The van der Waals surface area contributed by atoms with E-state index in [0.717, 1.165) is 25.1 Å². The van der Waals surface area contributed by atoms with Crippen LogP contribution in [0.3, 0.4) is 0 Å². The van der Waals surface area contributed by atoms with Gasteiger partial charge in [-0.25, -0.2) is 4.98 Å². The first-order valence-electron chi connectivity index (χ1n) is 6.76. The number of amides is 1. The van der Waals surface area contributed by atoms with Crippen molar-refractivity contribution in [2.45, 2.75) is 25.3 Å². The summed E-state index contributed by atoms with van der Waals surface area (Å²) in [6.07, 6.45) is 4.36. The Labute approximate surface area is 132 Å². The van der Waals surface area contributed by atoms with Crippen LogP contribution >= 0.6 is 23.2 Å². The van der Waals surface area contributed by atoms with Gasteiger partial charge in [-0.3, -0.25) is 9.89 Å². The molecule has 21 heavy (non-hydrogen) atoms. The van der Waals surface area contributed by atoms with Crippen LogP contribution in [-0.4, -0.2) is 37.1 Å². The van der Waals surface area contributed by atoms with Crippen LogP contribution in [0, 0.1) is 0 Å². The maximum absolute atomic E-state index is 12.8. The van der Waals surface area contributed by atoms with Gasteiger partial charge in [-0.1, -0.05) is 23.2 Å². The summed E-state index contributed by atoms with van der Waals surface area (Å²) in [5.41, 5.74) is 0.483. The molecule has 0 bridgehead atoms. The lowest BCUT2D eigenvalue weighted by Gasteiger charge is -2.34. The number of H-pyrrole nitrogens is 1. The summed E-state index contributed by atoms with van der Waals surface area (Å²) < 4.78 is 1.61. The molecule has 1 unspecified atom stereocenters. The van der Waals surface area contributed by atoms with Crippen LogP contribution in [0.2, 0.25) is 10.2 Å². The summed E-state index contributed by atoms with van der Waals surface area (Å²) >= 11 is 12.1. The van der Waals surface area contributed by atoms with E-state index in [9.17, 15) is 4.79 Å². The van der Waals surface area contributed by atoms with Gasteiger partial charge in [0.15, 0.2) is 0 Å². The number of piperidine rings is 1. The number of carbonyl (C=O) groups excluding carboxylic acids is 1. The Morgan fingerprint density at radius 3 is 2.86 bits per heavy atom. The molecule has 1 fully saturated rings. The fourth-order valence-electron chi connectivity index (χ4n) is 2.73. The number of likely N-dealkylation sites (tertiary alicyclic amines) is 1. The summed E-state index contributed by atoms with van der Waals surface area (Å²) in [5, 5.41) is 7.49. The van der Waals surface area contributed by atoms with Gasteiger partial charge in [0, 0.05) is 13.6 Å². The first-order valence-corrected chi connectivity index (χ1v) is 7.52. The van der Waals surface area contributed by atoms with Crippen molar-refractivity contribution < 1.29 is 4.79 Å². The largest absolute Gasteiger partial charge is 0.329 e. The van der Waals surface area contributed by atoms with Crippen molar-refractivity contribution >= 4 is 29.1 Å². The molecule has 1 N–H and O–H groups in total. The van der Waals surface area contributed by atoms with E-state index in [4.69, 9.17) is 23.2 Å². The van der Waals surface area contributed by atoms with Crippen molar-refractivity contribution in [3.8, 4) is 0 Å². The number of hydrogen-bond donors (Lipinski definition) is 1. The highest BCUT2D eigenvalue weighted by molar-refractivity contribution is 6.41. The zero-order valence-corrected chi connectivity index (χ0v) is 13.0. The zero-order chi connectivity index (χ0) is 15.0. The third-order valence-electron chi connectivity index (χ3n) is 3.85. The molecule has 0 saturated carbocycles. The lowest BCUT2D eigenvalue weighted by molar-refractivity contribution is 0.0590. The highest BCUT2D eigenvalue weighted by Gasteiger charge is 2.32. The Morgan fingerprint density at radius 2 is 2.24 bits per heavy atom. The van der Waals surface area contributed by atoms with E-state index in [1.807, 2.05) is 4.90 Å². The molecule has 1 aliphatic heterocycles. The number of rotatable bonds is 2. The predicted molar refractivity (Wildman–Crippen MR) is 79.4 cm³/mol. The summed E-state index contributed by atoms with van der Waals surface area (Å²) in [7, 11) is 1.73. The molecule has 3 rings (SSSR count). The molecule has 1 aliphatic rings. The smallest absolute Gasteiger partial charge is 0.271 e. The molecule has 6 nitrogen and oxygen atoms in total. The minimum absolute atomic E-state index is 0.0822. The molecule has 3 heterocycles. The van der Waals surface area contributed by atoms with Crippen molar-refractivity contribution in [2.24, 2.45) is 7.05 Å². The average molecular weight is 328 g/mol. The molecule has 0 aliphatic carbocycles. The van der Waals surface area contributed by atoms with Crippen LogP contribution in [-0.2, 0) is 7.05 Å². The molecule has 0 spiro atoms. The normalized spacial score (nSPS) is 19.0. The highest BCUT2D eigenvalue weighted by atomic mass is 35.5. The van der Waals surface area contributed by atoms with Gasteiger partial charge >= 0.3 is 0 Å². The van der Waals surface area contributed by atoms with Gasteiger partial charge in [0.2, 0.25) is 0 Å². The van der Waals surface area contributed by atoms with Crippen molar-refractivity contribution in [3.63, 3.8) is 0 Å². The van der Waals surface area contributed by atoms with Crippen molar-refractivity contribution in [2.75, 3.05) is 6.54 Å². The van der Waals surface area contributed by atoms with Gasteiger partial charge < -0.3 is 9.47 Å². The Balaban J connectivity index is 1.93. The van der Waals surface area contributed by atoms with E-state index in [1.165, 1.54) is 6.33 Å². The maximum atomic E-state index is 12.8. The summed E-state index contributed by atoms with van der Waals surface area (Å²) in [5.74, 6) is 0.627. The summed E-state index contributed by atoms with van der Waals surface area (Å²) in [4.78, 5) is 18.8. The van der Waals surface area contributed by atoms with Gasteiger partial charge in [0.05, 0.1) is 11.1 Å². The van der Waals surface area contributed by atoms with E-state index < -0.39 is 0 Å². The molecule has 1 amide bonds. The van der Waals surface area contributed by atoms with Crippen molar-refractivity contribution in [3.05, 3.63) is 34.1 Å². The molecule has 2 aromatic heterocycles. The minimum atomic E-state index is -0.0904. The highest BCUT2D eigenvalue weighted by Crippen LogP contribution is 2.32. The Hall–Kier alpha value is -1.53. The van der Waals surface area contributed by atoms with Gasteiger partial charge in [0.1, 0.15) is 23.0 Å². The average Bonchev–Trinajstić information content (AvgIpc) is 3.11. The molecule has 1 atom stereocenters. The van der Waals surface area contributed by atoms with E-state index in [-0.39, 0.29) is 11.9 Å². The monoisotopic (exact) mass is 327 g/mol. The molecular weight excluding hydrogens is 313 g/mol. The quantitative estimate of drug-likeness (QED) is 0.922. The number of hydrogen-bond acceptors (Lipinski definition) is 3. The Bertz CT molecular complexity index is 652. The third-order valence-corrected chi connectivity index (χ3v) is 4.69. The number of nitrogens with one attached hydrogen (secondary N) is 1. The third kappa shape index (κ3) is 2.53. The van der Waals surface area contributed by atoms with Crippen molar-refractivity contribution in [1.29, 1.82) is 0 Å². The SMILES string of the molecule is Cn1c(C(=O)N2CCCCC2c2ncn[nH]2)cc(Cl)c1Cl. The second-order valence-corrected chi connectivity index (χ2v) is 5.87. The van der Waals surface area contributed by atoms with E-state index in [0.29, 0.717) is 22.4 Å². The van der Waals surface area contributed by atoms with Gasteiger partial charge in [-0.15, -0.1) is 0 Å². The Kier molecular flexibility index (Phi) is 3.91. The van der Waals surface area contributed by atoms with Crippen LogP contribution < -0.4 is 0 Å². The first-order chi connectivity index (χ1) is 10.1. The number of aromatic nitrogens is 4. The molecule has 2 aromatic rings.